The van der Waals surface area contributed by atoms with Crippen LogP contribution < -0.4 is 9.47 Å². The zero-order chi connectivity index (χ0) is 16.1. The first-order chi connectivity index (χ1) is 10.6. The van der Waals surface area contributed by atoms with Gasteiger partial charge in [0.2, 0.25) is 0 Å². The number of aryl methyl sites for hydroxylation is 1. The van der Waals surface area contributed by atoms with E-state index in [1.807, 2.05) is 31.2 Å². The third kappa shape index (κ3) is 3.28. The maximum absolute atomic E-state index is 11.6. The first kappa shape index (κ1) is 15.6. The molecule has 0 aliphatic rings. The summed E-state index contributed by atoms with van der Waals surface area (Å²) < 4.78 is 10.4. The van der Waals surface area contributed by atoms with Crippen molar-refractivity contribution in [3.05, 3.63) is 59.2 Å². The Kier molecular flexibility index (Phi) is 4.84. The fourth-order valence-electron chi connectivity index (χ4n) is 2.18. The Morgan fingerprint density at radius 3 is 2.32 bits per heavy atom. The molecular formula is C18H18O4. The molecular weight excluding hydrogens is 280 g/mol. The molecule has 4 heteroatoms. The van der Waals surface area contributed by atoms with Crippen LogP contribution in [0.3, 0.4) is 0 Å². The summed E-state index contributed by atoms with van der Waals surface area (Å²) >= 11 is 0. The molecule has 0 saturated heterocycles. The smallest absolute Gasteiger partial charge is 0.336 e. The van der Waals surface area contributed by atoms with E-state index in [9.17, 15) is 9.90 Å². The molecule has 0 aliphatic carbocycles. The van der Waals surface area contributed by atoms with E-state index >= 15 is 0 Å². The second kappa shape index (κ2) is 6.80. The van der Waals surface area contributed by atoms with Gasteiger partial charge >= 0.3 is 5.97 Å². The average molecular weight is 298 g/mol. The van der Waals surface area contributed by atoms with Gasteiger partial charge in [0.1, 0.15) is 0 Å². The molecule has 22 heavy (non-hydrogen) atoms. The quantitative estimate of drug-likeness (QED) is 0.676. The Hall–Kier alpha value is -2.75. The Labute approximate surface area is 129 Å². The molecule has 2 aromatic rings. The number of carboxylic acids is 1. The lowest BCUT2D eigenvalue weighted by Crippen LogP contribution is -2.01. The van der Waals surface area contributed by atoms with Gasteiger partial charge in [-0.25, -0.2) is 4.79 Å². The lowest BCUT2D eigenvalue weighted by Gasteiger charge is -2.10. The van der Waals surface area contributed by atoms with E-state index in [0.29, 0.717) is 17.1 Å². The minimum atomic E-state index is -0.990. The van der Waals surface area contributed by atoms with Gasteiger partial charge in [-0.2, -0.15) is 0 Å². The van der Waals surface area contributed by atoms with Crippen LogP contribution in [0.4, 0.5) is 0 Å². The third-order valence-corrected chi connectivity index (χ3v) is 3.41. The molecule has 0 aliphatic heterocycles. The van der Waals surface area contributed by atoms with Crippen molar-refractivity contribution in [1.82, 2.24) is 0 Å². The Morgan fingerprint density at radius 2 is 1.73 bits per heavy atom. The van der Waals surface area contributed by atoms with E-state index < -0.39 is 5.97 Å². The molecule has 2 aromatic carbocycles. The zero-order valence-electron chi connectivity index (χ0n) is 12.8. The summed E-state index contributed by atoms with van der Waals surface area (Å²) in [5.41, 5.74) is 2.65. The SMILES string of the molecule is COc1ccc(/C(=C/c2ccccc2C)C(=O)O)cc1OC. The fourth-order valence-corrected chi connectivity index (χ4v) is 2.18. The first-order valence-corrected chi connectivity index (χ1v) is 6.80. The summed E-state index contributed by atoms with van der Waals surface area (Å²) in [5, 5.41) is 9.53. The minimum absolute atomic E-state index is 0.204. The normalized spacial score (nSPS) is 11.1. The topological polar surface area (TPSA) is 55.8 Å². The molecule has 0 amide bonds. The molecule has 114 valence electrons. The van der Waals surface area contributed by atoms with Crippen LogP contribution in [0.1, 0.15) is 16.7 Å². The molecule has 0 saturated carbocycles. The molecule has 2 rings (SSSR count). The minimum Gasteiger partial charge on any atom is -0.493 e. The Morgan fingerprint density at radius 1 is 1.05 bits per heavy atom. The predicted octanol–water partition coefficient (Wildman–Crippen LogP) is 3.64. The highest BCUT2D eigenvalue weighted by Gasteiger charge is 2.14. The highest BCUT2D eigenvalue weighted by molar-refractivity contribution is 6.20. The number of ether oxygens (including phenoxy) is 2. The van der Waals surface area contributed by atoms with E-state index in [4.69, 9.17) is 9.47 Å². The van der Waals surface area contributed by atoms with Crippen molar-refractivity contribution in [2.75, 3.05) is 14.2 Å². The first-order valence-electron chi connectivity index (χ1n) is 6.80. The Balaban J connectivity index is 2.54. The van der Waals surface area contributed by atoms with Crippen molar-refractivity contribution in [3.8, 4) is 11.5 Å². The maximum Gasteiger partial charge on any atom is 0.336 e. The molecule has 0 radical (unpaired) electrons. The third-order valence-electron chi connectivity index (χ3n) is 3.41. The second-order valence-corrected chi connectivity index (χ2v) is 4.79. The number of benzene rings is 2. The van der Waals surface area contributed by atoms with Crippen LogP contribution in [0.2, 0.25) is 0 Å². The lowest BCUT2D eigenvalue weighted by molar-refractivity contribution is -0.130. The zero-order valence-corrected chi connectivity index (χ0v) is 12.8. The van der Waals surface area contributed by atoms with E-state index in [1.165, 1.54) is 7.11 Å². The number of carbonyl (C=O) groups is 1. The van der Waals surface area contributed by atoms with Crippen LogP contribution >= 0.6 is 0 Å². The van der Waals surface area contributed by atoms with Gasteiger partial charge in [-0.1, -0.05) is 30.3 Å². The summed E-state index contributed by atoms with van der Waals surface area (Å²) in [6, 6.07) is 12.7. The molecule has 0 spiro atoms. The van der Waals surface area contributed by atoms with Crippen molar-refractivity contribution in [3.63, 3.8) is 0 Å². The average Bonchev–Trinajstić information content (AvgIpc) is 2.53. The van der Waals surface area contributed by atoms with Crippen LogP contribution in [0.25, 0.3) is 11.6 Å². The monoisotopic (exact) mass is 298 g/mol. The van der Waals surface area contributed by atoms with E-state index in [1.54, 1.807) is 31.4 Å². The molecule has 0 bridgehead atoms. The molecule has 0 atom stereocenters. The molecule has 0 aromatic heterocycles. The molecule has 1 N–H and O–H groups in total. The largest absolute Gasteiger partial charge is 0.493 e. The van der Waals surface area contributed by atoms with Gasteiger partial charge in [-0.15, -0.1) is 0 Å². The van der Waals surface area contributed by atoms with E-state index in [2.05, 4.69) is 0 Å². The number of rotatable bonds is 5. The van der Waals surface area contributed by atoms with Crippen LogP contribution in [-0.2, 0) is 4.79 Å². The van der Waals surface area contributed by atoms with Gasteiger partial charge in [-0.3, -0.25) is 0 Å². The summed E-state index contributed by atoms with van der Waals surface area (Å²) in [5.74, 6) is 0.0688. The number of hydrogen-bond acceptors (Lipinski definition) is 3. The van der Waals surface area contributed by atoms with E-state index in [-0.39, 0.29) is 5.57 Å². The number of methoxy groups -OCH3 is 2. The van der Waals surface area contributed by atoms with Crippen molar-refractivity contribution in [2.45, 2.75) is 6.92 Å². The molecule has 4 nitrogen and oxygen atoms in total. The summed E-state index contributed by atoms with van der Waals surface area (Å²) in [6.45, 7) is 1.94. The highest BCUT2D eigenvalue weighted by Crippen LogP contribution is 2.31. The molecule has 0 unspecified atom stereocenters. The molecule has 0 heterocycles. The highest BCUT2D eigenvalue weighted by atomic mass is 16.5. The standard InChI is InChI=1S/C18H18O4/c1-12-6-4-5-7-13(12)10-15(18(19)20)14-8-9-16(21-2)17(11-14)22-3/h4-11H,1-3H3,(H,19,20)/b15-10-. The lowest BCUT2D eigenvalue weighted by atomic mass is 10.00. The van der Waals surface area contributed by atoms with Crippen molar-refractivity contribution in [1.29, 1.82) is 0 Å². The van der Waals surface area contributed by atoms with Crippen molar-refractivity contribution in [2.24, 2.45) is 0 Å². The molecule has 0 fully saturated rings. The fraction of sp³-hybridized carbons (Fsp3) is 0.167. The number of carboxylic acid groups (broad SMARTS) is 1. The van der Waals surface area contributed by atoms with Crippen LogP contribution in [0.15, 0.2) is 42.5 Å². The number of hydrogen-bond donors (Lipinski definition) is 1. The van der Waals surface area contributed by atoms with Gasteiger partial charge in [-0.05, 0) is 41.8 Å². The van der Waals surface area contributed by atoms with E-state index in [0.717, 1.165) is 11.1 Å². The summed E-state index contributed by atoms with van der Waals surface area (Å²) in [6.07, 6.45) is 1.67. The van der Waals surface area contributed by atoms with Gasteiger partial charge in [0.15, 0.2) is 11.5 Å². The van der Waals surface area contributed by atoms with Gasteiger partial charge in [0.05, 0.1) is 19.8 Å². The second-order valence-electron chi connectivity index (χ2n) is 4.79. The summed E-state index contributed by atoms with van der Waals surface area (Å²) in [4.78, 5) is 11.6. The van der Waals surface area contributed by atoms with Gasteiger partial charge in [0.25, 0.3) is 0 Å². The van der Waals surface area contributed by atoms with Crippen LogP contribution in [0, 0.1) is 6.92 Å². The van der Waals surface area contributed by atoms with Crippen LogP contribution in [0.5, 0.6) is 11.5 Å². The maximum atomic E-state index is 11.6. The Bertz CT molecular complexity index is 717. The van der Waals surface area contributed by atoms with Gasteiger partial charge < -0.3 is 14.6 Å². The summed E-state index contributed by atoms with van der Waals surface area (Å²) in [7, 11) is 3.06. The van der Waals surface area contributed by atoms with Crippen molar-refractivity contribution < 1.29 is 19.4 Å². The van der Waals surface area contributed by atoms with Gasteiger partial charge in [0, 0.05) is 0 Å². The van der Waals surface area contributed by atoms with Crippen molar-refractivity contribution >= 4 is 17.6 Å². The predicted molar refractivity (Wildman–Crippen MR) is 86.2 cm³/mol. The number of aliphatic carboxylic acids is 1. The van der Waals surface area contributed by atoms with Crippen LogP contribution in [-0.4, -0.2) is 25.3 Å².